The highest BCUT2D eigenvalue weighted by molar-refractivity contribution is 5.96. The SMILES string of the molecule is Cc1ccc(Oc2cc(C(=O)O)cc3[nH]ccc23)cc1. The first-order valence-corrected chi connectivity index (χ1v) is 6.22. The van der Waals surface area contributed by atoms with E-state index < -0.39 is 5.97 Å². The molecule has 0 amide bonds. The summed E-state index contributed by atoms with van der Waals surface area (Å²) in [5, 5.41) is 10.00. The molecular weight excluding hydrogens is 254 g/mol. The molecule has 0 unspecified atom stereocenters. The maximum absolute atomic E-state index is 11.1. The van der Waals surface area contributed by atoms with Crippen LogP contribution < -0.4 is 4.74 Å². The first-order chi connectivity index (χ1) is 9.63. The first-order valence-electron chi connectivity index (χ1n) is 6.22. The molecule has 3 rings (SSSR count). The van der Waals surface area contributed by atoms with Gasteiger partial charge in [0.05, 0.1) is 5.56 Å². The lowest BCUT2D eigenvalue weighted by atomic mass is 10.1. The summed E-state index contributed by atoms with van der Waals surface area (Å²) in [6, 6.07) is 12.6. The number of hydrogen-bond donors (Lipinski definition) is 2. The van der Waals surface area contributed by atoms with E-state index in [-0.39, 0.29) is 5.56 Å². The van der Waals surface area contributed by atoms with Gasteiger partial charge in [0.25, 0.3) is 0 Å². The number of H-pyrrole nitrogens is 1. The number of aryl methyl sites for hydroxylation is 1. The summed E-state index contributed by atoms with van der Waals surface area (Å²) in [5.41, 5.74) is 2.08. The van der Waals surface area contributed by atoms with E-state index in [1.54, 1.807) is 18.3 Å². The number of aromatic nitrogens is 1. The third-order valence-electron chi connectivity index (χ3n) is 3.13. The van der Waals surface area contributed by atoms with Crippen LogP contribution in [0.1, 0.15) is 15.9 Å². The van der Waals surface area contributed by atoms with E-state index in [0.29, 0.717) is 11.5 Å². The van der Waals surface area contributed by atoms with Crippen molar-refractivity contribution in [3.8, 4) is 11.5 Å². The summed E-state index contributed by atoms with van der Waals surface area (Å²) < 4.78 is 5.81. The van der Waals surface area contributed by atoms with Gasteiger partial charge in [0.2, 0.25) is 0 Å². The van der Waals surface area contributed by atoms with E-state index in [0.717, 1.165) is 16.5 Å². The number of carbonyl (C=O) groups is 1. The highest BCUT2D eigenvalue weighted by Crippen LogP contribution is 2.31. The van der Waals surface area contributed by atoms with E-state index in [1.165, 1.54) is 0 Å². The van der Waals surface area contributed by atoms with Crippen molar-refractivity contribution in [3.63, 3.8) is 0 Å². The number of hydrogen-bond acceptors (Lipinski definition) is 2. The second-order valence-corrected chi connectivity index (χ2v) is 4.63. The normalized spacial score (nSPS) is 10.7. The van der Waals surface area contributed by atoms with Crippen LogP contribution in [0.15, 0.2) is 48.7 Å². The van der Waals surface area contributed by atoms with Crippen LogP contribution in [0.2, 0.25) is 0 Å². The molecular formula is C16H13NO3. The van der Waals surface area contributed by atoms with Gasteiger partial charge in [-0.3, -0.25) is 0 Å². The lowest BCUT2D eigenvalue weighted by molar-refractivity contribution is 0.0696. The monoisotopic (exact) mass is 267 g/mol. The molecule has 0 aliphatic carbocycles. The molecule has 1 aromatic heterocycles. The fraction of sp³-hybridized carbons (Fsp3) is 0.0625. The Balaban J connectivity index is 2.07. The van der Waals surface area contributed by atoms with Crippen LogP contribution in [0.5, 0.6) is 11.5 Å². The molecule has 3 aromatic rings. The van der Waals surface area contributed by atoms with Crippen molar-refractivity contribution in [1.29, 1.82) is 0 Å². The van der Waals surface area contributed by atoms with Crippen molar-refractivity contribution >= 4 is 16.9 Å². The molecule has 4 nitrogen and oxygen atoms in total. The summed E-state index contributed by atoms with van der Waals surface area (Å²) in [6.45, 7) is 2.00. The second-order valence-electron chi connectivity index (χ2n) is 4.63. The van der Waals surface area contributed by atoms with Gasteiger partial charge in [-0.15, -0.1) is 0 Å². The summed E-state index contributed by atoms with van der Waals surface area (Å²) in [5.74, 6) is 0.237. The third-order valence-corrected chi connectivity index (χ3v) is 3.13. The molecule has 0 saturated heterocycles. The van der Waals surface area contributed by atoms with Gasteiger partial charge in [-0.25, -0.2) is 4.79 Å². The molecule has 1 heterocycles. The van der Waals surface area contributed by atoms with Gasteiger partial charge in [-0.2, -0.15) is 0 Å². The number of nitrogens with one attached hydrogen (secondary N) is 1. The van der Waals surface area contributed by atoms with Gasteiger partial charge >= 0.3 is 5.97 Å². The van der Waals surface area contributed by atoms with Crippen LogP contribution in [-0.2, 0) is 0 Å². The van der Waals surface area contributed by atoms with E-state index in [2.05, 4.69) is 4.98 Å². The fourth-order valence-electron chi connectivity index (χ4n) is 2.07. The lowest BCUT2D eigenvalue weighted by Crippen LogP contribution is -1.97. The zero-order valence-electron chi connectivity index (χ0n) is 10.9. The minimum atomic E-state index is -0.977. The molecule has 100 valence electrons. The van der Waals surface area contributed by atoms with Crippen LogP contribution in [-0.4, -0.2) is 16.1 Å². The van der Waals surface area contributed by atoms with Gasteiger partial charge in [0.15, 0.2) is 0 Å². The maximum atomic E-state index is 11.1. The Morgan fingerprint density at radius 1 is 1.15 bits per heavy atom. The van der Waals surface area contributed by atoms with Crippen molar-refractivity contribution in [2.45, 2.75) is 6.92 Å². The van der Waals surface area contributed by atoms with Crippen LogP contribution in [0.4, 0.5) is 0 Å². The quantitative estimate of drug-likeness (QED) is 0.754. The van der Waals surface area contributed by atoms with E-state index in [1.807, 2.05) is 37.3 Å². The van der Waals surface area contributed by atoms with Gasteiger partial charge in [-0.1, -0.05) is 17.7 Å². The molecule has 2 N–H and O–H groups in total. The van der Waals surface area contributed by atoms with Crippen molar-refractivity contribution in [3.05, 3.63) is 59.8 Å². The third kappa shape index (κ3) is 2.23. The molecule has 0 aliphatic heterocycles. The van der Waals surface area contributed by atoms with Crippen molar-refractivity contribution in [2.75, 3.05) is 0 Å². The number of benzene rings is 2. The molecule has 0 saturated carbocycles. The second kappa shape index (κ2) is 4.74. The van der Waals surface area contributed by atoms with Crippen LogP contribution in [0.25, 0.3) is 10.9 Å². The largest absolute Gasteiger partial charge is 0.478 e. The number of carboxylic acids is 1. The number of fused-ring (bicyclic) bond motifs is 1. The van der Waals surface area contributed by atoms with E-state index in [9.17, 15) is 4.79 Å². The lowest BCUT2D eigenvalue weighted by Gasteiger charge is -2.08. The maximum Gasteiger partial charge on any atom is 0.335 e. The Hall–Kier alpha value is -2.75. The average molecular weight is 267 g/mol. The molecule has 0 aliphatic rings. The predicted octanol–water partition coefficient (Wildman–Crippen LogP) is 3.97. The molecule has 0 fully saturated rings. The van der Waals surface area contributed by atoms with Crippen LogP contribution in [0, 0.1) is 6.92 Å². The summed E-state index contributed by atoms with van der Waals surface area (Å²) >= 11 is 0. The van der Waals surface area contributed by atoms with Gasteiger partial charge in [0.1, 0.15) is 11.5 Å². The Morgan fingerprint density at radius 2 is 1.90 bits per heavy atom. The molecule has 0 bridgehead atoms. The van der Waals surface area contributed by atoms with Crippen molar-refractivity contribution in [2.24, 2.45) is 0 Å². The summed E-state index contributed by atoms with van der Waals surface area (Å²) in [7, 11) is 0. The minimum absolute atomic E-state index is 0.196. The molecule has 0 radical (unpaired) electrons. The van der Waals surface area contributed by atoms with E-state index >= 15 is 0 Å². The number of rotatable bonds is 3. The fourth-order valence-corrected chi connectivity index (χ4v) is 2.07. The first kappa shape index (κ1) is 12.3. The minimum Gasteiger partial charge on any atom is -0.478 e. The van der Waals surface area contributed by atoms with Crippen molar-refractivity contribution < 1.29 is 14.6 Å². The Kier molecular flexibility index (Phi) is 2.91. The Morgan fingerprint density at radius 3 is 2.60 bits per heavy atom. The summed E-state index contributed by atoms with van der Waals surface area (Å²) in [6.07, 6.45) is 1.76. The highest BCUT2D eigenvalue weighted by Gasteiger charge is 2.11. The predicted molar refractivity (Wildman–Crippen MR) is 76.5 cm³/mol. The van der Waals surface area contributed by atoms with Gasteiger partial charge in [0, 0.05) is 17.1 Å². The number of aromatic amines is 1. The van der Waals surface area contributed by atoms with E-state index in [4.69, 9.17) is 9.84 Å². The van der Waals surface area contributed by atoms with Crippen LogP contribution >= 0.6 is 0 Å². The standard InChI is InChI=1S/C16H13NO3/c1-10-2-4-12(5-3-10)20-15-9-11(16(18)19)8-14-13(15)6-7-17-14/h2-9,17H,1H3,(H,18,19). The van der Waals surface area contributed by atoms with Gasteiger partial charge in [-0.05, 0) is 37.3 Å². The highest BCUT2D eigenvalue weighted by atomic mass is 16.5. The zero-order chi connectivity index (χ0) is 14.1. The number of ether oxygens (including phenoxy) is 1. The molecule has 0 atom stereocenters. The van der Waals surface area contributed by atoms with Gasteiger partial charge < -0.3 is 14.8 Å². The smallest absolute Gasteiger partial charge is 0.335 e. The van der Waals surface area contributed by atoms with Crippen LogP contribution in [0.3, 0.4) is 0 Å². The Bertz CT molecular complexity index is 772. The number of aromatic carboxylic acids is 1. The average Bonchev–Trinajstić information content (AvgIpc) is 2.89. The molecule has 20 heavy (non-hydrogen) atoms. The molecule has 2 aromatic carbocycles. The molecule has 4 heteroatoms. The zero-order valence-corrected chi connectivity index (χ0v) is 10.9. The number of carboxylic acid groups (broad SMARTS) is 1. The van der Waals surface area contributed by atoms with Crippen molar-refractivity contribution in [1.82, 2.24) is 4.98 Å². The summed E-state index contributed by atoms with van der Waals surface area (Å²) in [4.78, 5) is 14.2. The topological polar surface area (TPSA) is 62.3 Å². The Labute approximate surface area is 115 Å². The molecule has 0 spiro atoms.